The molecule has 0 radical (unpaired) electrons. The van der Waals surface area contributed by atoms with E-state index in [1.54, 1.807) is 0 Å². The van der Waals surface area contributed by atoms with Crippen molar-refractivity contribution in [2.45, 2.75) is 44.6 Å². The van der Waals surface area contributed by atoms with Crippen LogP contribution in [0, 0.1) is 11.8 Å². The second kappa shape index (κ2) is 3.93. The lowest BCUT2D eigenvalue weighted by atomic mass is 10.3. The molecule has 84 valence electrons. The molecule has 0 atom stereocenters. The van der Waals surface area contributed by atoms with Gasteiger partial charge in [0.15, 0.2) is 5.11 Å². The average Bonchev–Trinajstić information content (AvgIpc) is 3.04. The fourth-order valence-electron chi connectivity index (χ4n) is 1.96. The third-order valence-corrected chi connectivity index (χ3v) is 3.92. The fraction of sp³-hybridized carbons (Fsp3) is 0.917. The molecule has 0 aromatic heterocycles. The van der Waals surface area contributed by atoms with E-state index in [0.717, 1.165) is 16.9 Å². The Bertz CT molecular complexity index is 240. The number of hydrogen-bond donors (Lipinski definition) is 1. The van der Waals surface area contributed by atoms with E-state index in [1.165, 1.54) is 51.6 Å². The van der Waals surface area contributed by atoms with E-state index in [9.17, 15) is 0 Å². The summed E-state index contributed by atoms with van der Waals surface area (Å²) in [7, 11) is 0. The van der Waals surface area contributed by atoms with Gasteiger partial charge in [0.05, 0.1) is 0 Å². The van der Waals surface area contributed by atoms with Crippen molar-refractivity contribution in [3.8, 4) is 0 Å². The molecule has 0 bridgehead atoms. The van der Waals surface area contributed by atoms with Gasteiger partial charge in [-0.2, -0.15) is 0 Å². The van der Waals surface area contributed by atoms with Gasteiger partial charge in [-0.25, -0.2) is 0 Å². The zero-order chi connectivity index (χ0) is 10.3. The maximum Gasteiger partial charge on any atom is 0.169 e. The maximum atomic E-state index is 5.50. The molecule has 0 heterocycles. The largest absolute Gasteiger partial charge is 0.360 e. The van der Waals surface area contributed by atoms with Crippen LogP contribution in [0.15, 0.2) is 0 Å². The van der Waals surface area contributed by atoms with Crippen molar-refractivity contribution in [3.05, 3.63) is 0 Å². The van der Waals surface area contributed by atoms with E-state index < -0.39 is 0 Å². The van der Waals surface area contributed by atoms with E-state index in [-0.39, 0.29) is 0 Å². The number of thiocarbonyl (C=S) groups is 1. The van der Waals surface area contributed by atoms with Gasteiger partial charge in [-0.1, -0.05) is 0 Å². The Morgan fingerprint density at radius 3 is 1.93 bits per heavy atom. The van der Waals surface area contributed by atoms with Crippen LogP contribution in [-0.2, 0) is 0 Å². The zero-order valence-corrected chi connectivity index (χ0v) is 10.1. The summed E-state index contributed by atoms with van der Waals surface area (Å²) in [5.74, 6) is 1.89. The predicted octanol–water partition coefficient (Wildman–Crippen LogP) is 2.15. The molecule has 2 nitrogen and oxygen atoms in total. The minimum Gasteiger partial charge on any atom is -0.360 e. The standard InChI is InChI=1S/C12H20N2S/c15-12(13-11-5-6-11)14(7-9-1-2-9)8-10-3-4-10/h9-11H,1-8H2,(H,13,15). The Hall–Kier alpha value is -0.310. The van der Waals surface area contributed by atoms with Crippen LogP contribution < -0.4 is 5.32 Å². The van der Waals surface area contributed by atoms with Crippen LogP contribution in [0.1, 0.15) is 38.5 Å². The summed E-state index contributed by atoms with van der Waals surface area (Å²) in [6.07, 6.45) is 8.34. The summed E-state index contributed by atoms with van der Waals surface area (Å²) in [4.78, 5) is 2.45. The number of hydrogen-bond acceptors (Lipinski definition) is 1. The first-order valence-electron chi connectivity index (χ1n) is 6.36. The van der Waals surface area contributed by atoms with Gasteiger partial charge in [0.1, 0.15) is 0 Å². The molecule has 3 fully saturated rings. The van der Waals surface area contributed by atoms with Gasteiger partial charge in [0, 0.05) is 19.1 Å². The molecule has 0 saturated heterocycles. The first kappa shape index (κ1) is 9.88. The van der Waals surface area contributed by atoms with Crippen molar-refractivity contribution in [2.24, 2.45) is 11.8 Å². The molecular formula is C12H20N2S. The lowest BCUT2D eigenvalue weighted by molar-refractivity contribution is 0.377. The molecule has 3 rings (SSSR count). The molecule has 15 heavy (non-hydrogen) atoms. The highest BCUT2D eigenvalue weighted by atomic mass is 32.1. The highest BCUT2D eigenvalue weighted by molar-refractivity contribution is 7.80. The Morgan fingerprint density at radius 2 is 1.53 bits per heavy atom. The first-order valence-corrected chi connectivity index (χ1v) is 6.77. The van der Waals surface area contributed by atoms with Crippen molar-refractivity contribution in [1.82, 2.24) is 10.2 Å². The summed E-state index contributed by atoms with van der Waals surface area (Å²) in [6, 6.07) is 0.707. The van der Waals surface area contributed by atoms with Crippen LogP contribution in [0.3, 0.4) is 0 Å². The first-order chi connectivity index (χ1) is 7.31. The molecule has 1 N–H and O–H groups in total. The number of rotatable bonds is 5. The molecule has 0 spiro atoms. The fourth-order valence-corrected chi connectivity index (χ4v) is 2.27. The number of nitrogens with zero attached hydrogens (tertiary/aromatic N) is 1. The summed E-state index contributed by atoms with van der Waals surface area (Å²) in [6.45, 7) is 2.43. The Morgan fingerprint density at radius 1 is 1.00 bits per heavy atom. The molecule has 0 unspecified atom stereocenters. The molecule has 0 aromatic rings. The van der Waals surface area contributed by atoms with Crippen LogP contribution in [0.5, 0.6) is 0 Å². The van der Waals surface area contributed by atoms with Crippen molar-refractivity contribution >= 4 is 17.3 Å². The topological polar surface area (TPSA) is 15.3 Å². The minimum absolute atomic E-state index is 0.707. The van der Waals surface area contributed by atoms with Gasteiger partial charge < -0.3 is 10.2 Å². The monoisotopic (exact) mass is 224 g/mol. The lowest BCUT2D eigenvalue weighted by Gasteiger charge is -2.25. The van der Waals surface area contributed by atoms with Crippen molar-refractivity contribution in [2.75, 3.05) is 13.1 Å². The third-order valence-electron chi connectivity index (χ3n) is 3.54. The smallest absolute Gasteiger partial charge is 0.169 e. The third kappa shape index (κ3) is 3.07. The molecule has 3 aliphatic carbocycles. The van der Waals surface area contributed by atoms with E-state index in [0.29, 0.717) is 6.04 Å². The Balaban J connectivity index is 1.50. The van der Waals surface area contributed by atoms with Gasteiger partial charge in [0.2, 0.25) is 0 Å². The quantitative estimate of drug-likeness (QED) is 0.720. The highest BCUT2D eigenvalue weighted by Crippen LogP contribution is 2.34. The molecule has 3 saturated carbocycles. The summed E-state index contributed by atoms with van der Waals surface area (Å²) in [5.41, 5.74) is 0. The molecule has 0 aromatic carbocycles. The van der Waals surface area contributed by atoms with Crippen LogP contribution in [-0.4, -0.2) is 29.1 Å². The lowest BCUT2D eigenvalue weighted by Crippen LogP contribution is -2.42. The van der Waals surface area contributed by atoms with Gasteiger partial charge in [-0.3, -0.25) is 0 Å². The Kier molecular flexibility index (Phi) is 2.59. The molecule has 3 heteroatoms. The average molecular weight is 224 g/mol. The molecule has 3 aliphatic rings. The van der Waals surface area contributed by atoms with E-state index in [4.69, 9.17) is 12.2 Å². The second-order valence-electron chi connectivity index (χ2n) is 5.52. The maximum absolute atomic E-state index is 5.50. The van der Waals surface area contributed by atoms with Gasteiger partial charge in [-0.15, -0.1) is 0 Å². The van der Waals surface area contributed by atoms with E-state index >= 15 is 0 Å². The summed E-state index contributed by atoms with van der Waals surface area (Å²) < 4.78 is 0. The minimum atomic E-state index is 0.707. The number of nitrogens with one attached hydrogen (secondary N) is 1. The van der Waals surface area contributed by atoms with Crippen molar-refractivity contribution in [1.29, 1.82) is 0 Å². The normalized spacial score (nSPS) is 25.1. The van der Waals surface area contributed by atoms with Crippen LogP contribution in [0.2, 0.25) is 0 Å². The molecule has 0 aliphatic heterocycles. The SMILES string of the molecule is S=C(NC1CC1)N(CC1CC1)CC1CC1. The van der Waals surface area contributed by atoms with E-state index in [2.05, 4.69) is 10.2 Å². The van der Waals surface area contributed by atoms with Crippen LogP contribution >= 0.6 is 12.2 Å². The van der Waals surface area contributed by atoms with E-state index in [1.807, 2.05) is 0 Å². The van der Waals surface area contributed by atoms with Crippen molar-refractivity contribution < 1.29 is 0 Å². The predicted molar refractivity (Wildman–Crippen MR) is 65.8 cm³/mol. The van der Waals surface area contributed by atoms with Gasteiger partial charge >= 0.3 is 0 Å². The molecule has 0 amide bonds. The highest BCUT2D eigenvalue weighted by Gasteiger charge is 2.31. The molecular weight excluding hydrogens is 204 g/mol. The van der Waals surface area contributed by atoms with Crippen molar-refractivity contribution in [3.63, 3.8) is 0 Å². The van der Waals surface area contributed by atoms with Crippen LogP contribution in [0.25, 0.3) is 0 Å². The van der Waals surface area contributed by atoms with Gasteiger partial charge in [-0.05, 0) is 62.6 Å². The van der Waals surface area contributed by atoms with Gasteiger partial charge in [0.25, 0.3) is 0 Å². The van der Waals surface area contributed by atoms with Crippen LogP contribution in [0.4, 0.5) is 0 Å². The summed E-state index contributed by atoms with van der Waals surface area (Å²) >= 11 is 5.50. The Labute approximate surface area is 97.4 Å². The second-order valence-corrected chi connectivity index (χ2v) is 5.90. The summed E-state index contributed by atoms with van der Waals surface area (Å²) in [5, 5.41) is 4.52. The zero-order valence-electron chi connectivity index (χ0n) is 9.24.